The second kappa shape index (κ2) is 9.80. The van der Waals surface area contributed by atoms with Gasteiger partial charge in [0, 0.05) is 46.7 Å². The van der Waals surface area contributed by atoms with Crippen LogP contribution in [0.3, 0.4) is 0 Å². The summed E-state index contributed by atoms with van der Waals surface area (Å²) in [4.78, 5) is 34.4. The van der Waals surface area contributed by atoms with Gasteiger partial charge in [-0.3, -0.25) is 19.6 Å². The largest absolute Gasteiger partial charge is 0.368 e. The van der Waals surface area contributed by atoms with E-state index in [4.69, 9.17) is 0 Å². The van der Waals surface area contributed by atoms with E-state index in [1.165, 1.54) is 0 Å². The molecule has 0 radical (unpaired) electrons. The van der Waals surface area contributed by atoms with Crippen LogP contribution in [0.5, 0.6) is 0 Å². The molecule has 5 rings (SSSR count). The molecule has 0 unspecified atom stereocenters. The van der Waals surface area contributed by atoms with E-state index in [2.05, 4.69) is 31.3 Å². The van der Waals surface area contributed by atoms with Crippen LogP contribution < -0.4 is 21.3 Å². The van der Waals surface area contributed by atoms with E-state index in [1.807, 2.05) is 55.5 Å². The molecule has 2 heterocycles. The predicted octanol–water partition coefficient (Wildman–Crippen LogP) is 3.20. The van der Waals surface area contributed by atoms with Crippen LogP contribution in [0.2, 0.25) is 0 Å². The number of carbonyl (C=O) groups excluding carboxylic acids is 2. The average Bonchev–Trinajstić information content (AvgIpc) is 3.60. The normalized spacial score (nSPS) is 14.4. The topological polar surface area (TPSA) is 107 Å². The molecule has 8 nitrogen and oxygen atoms in total. The van der Waals surface area contributed by atoms with Crippen molar-refractivity contribution in [1.82, 2.24) is 10.6 Å². The molecule has 0 saturated carbocycles. The number of hydrogen-bond acceptors (Lipinski definition) is 6. The van der Waals surface area contributed by atoms with Crippen molar-refractivity contribution in [3.63, 3.8) is 0 Å². The van der Waals surface area contributed by atoms with Gasteiger partial charge in [-0.25, -0.2) is 0 Å². The SMILES string of the molecule is Cc1cc(C(=O)Nc2ccc(C3=NCCN3)cc2)ccc1C(=O)Nc1ccc(C2=NCCN2)cc1. The van der Waals surface area contributed by atoms with Crippen molar-refractivity contribution in [2.24, 2.45) is 9.98 Å². The number of rotatable bonds is 6. The smallest absolute Gasteiger partial charge is 0.255 e. The average molecular weight is 467 g/mol. The van der Waals surface area contributed by atoms with Gasteiger partial charge in [0.15, 0.2) is 0 Å². The summed E-state index contributed by atoms with van der Waals surface area (Å²) >= 11 is 0. The zero-order chi connectivity index (χ0) is 24.2. The molecule has 0 aromatic heterocycles. The molecule has 176 valence electrons. The molecule has 4 N–H and O–H groups in total. The molecular weight excluding hydrogens is 440 g/mol. The fourth-order valence-corrected chi connectivity index (χ4v) is 4.07. The van der Waals surface area contributed by atoms with Gasteiger partial charge in [-0.1, -0.05) is 0 Å². The van der Waals surface area contributed by atoms with E-state index in [0.717, 1.165) is 54.5 Å². The minimum Gasteiger partial charge on any atom is -0.368 e. The molecule has 2 aliphatic heterocycles. The summed E-state index contributed by atoms with van der Waals surface area (Å²) in [6.07, 6.45) is 0. The number of aliphatic imine (C=N–C) groups is 2. The van der Waals surface area contributed by atoms with E-state index < -0.39 is 0 Å². The Morgan fingerprint density at radius 1 is 0.714 bits per heavy atom. The summed E-state index contributed by atoms with van der Waals surface area (Å²) in [5.74, 6) is 1.30. The lowest BCUT2D eigenvalue weighted by Gasteiger charge is -2.11. The summed E-state index contributed by atoms with van der Waals surface area (Å²) in [7, 11) is 0. The molecular formula is C27H26N6O2. The molecule has 35 heavy (non-hydrogen) atoms. The third-order valence-electron chi connectivity index (χ3n) is 5.91. The van der Waals surface area contributed by atoms with Crippen LogP contribution >= 0.6 is 0 Å². The van der Waals surface area contributed by atoms with Gasteiger partial charge in [0.05, 0.1) is 13.1 Å². The van der Waals surface area contributed by atoms with Crippen molar-refractivity contribution in [2.75, 3.05) is 36.8 Å². The summed E-state index contributed by atoms with van der Waals surface area (Å²) in [6.45, 7) is 5.08. The Labute approximate surface area is 203 Å². The van der Waals surface area contributed by atoms with Gasteiger partial charge in [0.1, 0.15) is 11.7 Å². The van der Waals surface area contributed by atoms with E-state index in [-0.39, 0.29) is 11.8 Å². The van der Waals surface area contributed by atoms with Gasteiger partial charge in [0.2, 0.25) is 0 Å². The van der Waals surface area contributed by atoms with Gasteiger partial charge in [0.25, 0.3) is 11.8 Å². The van der Waals surface area contributed by atoms with Crippen molar-refractivity contribution >= 4 is 34.9 Å². The lowest BCUT2D eigenvalue weighted by molar-refractivity contribution is 0.101. The maximum absolute atomic E-state index is 12.8. The van der Waals surface area contributed by atoms with Gasteiger partial charge in [-0.05, 0) is 79.2 Å². The first kappa shape index (κ1) is 22.3. The summed E-state index contributed by atoms with van der Waals surface area (Å²) in [5.41, 5.74) is 5.09. The Bertz CT molecular complexity index is 1330. The predicted molar refractivity (Wildman–Crippen MR) is 139 cm³/mol. The number of aryl methyl sites for hydroxylation is 1. The summed E-state index contributed by atoms with van der Waals surface area (Å²) in [5, 5.41) is 12.3. The molecule has 0 atom stereocenters. The summed E-state index contributed by atoms with van der Waals surface area (Å²) in [6, 6.07) is 20.2. The molecule has 8 heteroatoms. The lowest BCUT2D eigenvalue weighted by Crippen LogP contribution is -2.19. The molecule has 3 aromatic rings. The van der Waals surface area contributed by atoms with E-state index in [0.29, 0.717) is 22.5 Å². The highest BCUT2D eigenvalue weighted by atomic mass is 16.2. The van der Waals surface area contributed by atoms with E-state index >= 15 is 0 Å². The number of hydrogen-bond donors (Lipinski definition) is 4. The molecule has 3 aromatic carbocycles. The Morgan fingerprint density at radius 3 is 1.69 bits per heavy atom. The third-order valence-corrected chi connectivity index (χ3v) is 5.91. The Hall–Kier alpha value is -4.46. The second-order valence-corrected chi connectivity index (χ2v) is 8.41. The second-order valence-electron chi connectivity index (χ2n) is 8.41. The van der Waals surface area contributed by atoms with Gasteiger partial charge in [-0.2, -0.15) is 0 Å². The fraction of sp³-hybridized carbons (Fsp3) is 0.185. The molecule has 0 fully saturated rings. The van der Waals surface area contributed by atoms with Crippen LogP contribution in [0.4, 0.5) is 11.4 Å². The zero-order valence-corrected chi connectivity index (χ0v) is 19.4. The number of nitrogens with zero attached hydrogens (tertiary/aromatic N) is 2. The molecule has 2 amide bonds. The summed E-state index contributed by atoms with van der Waals surface area (Å²) < 4.78 is 0. The van der Waals surface area contributed by atoms with Crippen molar-refractivity contribution in [1.29, 1.82) is 0 Å². The minimum absolute atomic E-state index is 0.224. The number of anilines is 2. The van der Waals surface area contributed by atoms with Crippen molar-refractivity contribution in [3.8, 4) is 0 Å². The van der Waals surface area contributed by atoms with E-state index in [1.54, 1.807) is 18.2 Å². The minimum atomic E-state index is -0.233. The Morgan fingerprint density at radius 2 is 1.23 bits per heavy atom. The first-order valence-corrected chi connectivity index (χ1v) is 11.6. The van der Waals surface area contributed by atoms with Crippen LogP contribution in [-0.4, -0.2) is 49.7 Å². The van der Waals surface area contributed by atoms with Gasteiger partial charge in [-0.15, -0.1) is 0 Å². The van der Waals surface area contributed by atoms with Crippen LogP contribution in [0.15, 0.2) is 76.7 Å². The number of carbonyl (C=O) groups is 2. The van der Waals surface area contributed by atoms with Crippen LogP contribution in [0, 0.1) is 6.92 Å². The standard InChI is InChI=1S/C27H26N6O2/c1-17-16-20(26(34)32-21-7-2-18(3-8-21)24-28-12-13-29-24)6-11-23(17)27(35)33-22-9-4-19(5-10-22)25-30-14-15-31-25/h2-11,16H,12-15H2,1H3,(H,28,29)(H,30,31)(H,32,34)(H,33,35). The highest BCUT2D eigenvalue weighted by Crippen LogP contribution is 2.18. The monoisotopic (exact) mass is 466 g/mol. The van der Waals surface area contributed by atoms with Crippen molar-refractivity contribution in [3.05, 3.63) is 94.5 Å². The number of amides is 2. The first-order valence-electron chi connectivity index (χ1n) is 11.6. The van der Waals surface area contributed by atoms with Gasteiger partial charge >= 0.3 is 0 Å². The zero-order valence-electron chi connectivity index (χ0n) is 19.4. The molecule has 0 spiro atoms. The van der Waals surface area contributed by atoms with Crippen LogP contribution in [0.25, 0.3) is 0 Å². The highest BCUT2D eigenvalue weighted by molar-refractivity contribution is 6.08. The number of nitrogens with one attached hydrogen (secondary N) is 4. The third kappa shape index (κ3) is 5.06. The molecule has 0 bridgehead atoms. The highest BCUT2D eigenvalue weighted by Gasteiger charge is 2.14. The van der Waals surface area contributed by atoms with Crippen LogP contribution in [-0.2, 0) is 0 Å². The number of benzene rings is 3. The van der Waals surface area contributed by atoms with Crippen molar-refractivity contribution < 1.29 is 9.59 Å². The maximum Gasteiger partial charge on any atom is 0.255 e. The Kier molecular flexibility index (Phi) is 6.26. The molecule has 0 aliphatic carbocycles. The molecule has 0 saturated heterocycles. The lowest BCUT2D eigenvalue weighted by atomic mass is 10.0. The van der Waals surface area contributed by atoms with Crippen LogP contribution in [0.1, 0.15) is 37.4 Å². The quantitative estimate of drug-likeness (QED) is 0.448. The molecule has 2 aliphatic rings. The Balaban J connectivity index is 1.22. The van der Waals surface area contributed by atoms with E-state index in [9.17, 15) is 9.59 Å². The first-order chi connectivity index (χ1) is 17.1. The number of amidine groups is 2. The maximum atomic E-state index is 12.8. The van der Waals surface area contributed by atoms with Gasteiger partial charge < -0.3 is 21.3 Å². The van der Waals surface area contributed by atoms with Crippen molar-refractivity contribution in [2.45, 2.75) is 6.92 Å². The fourth-order valence-electron chi connectivity index (χ4n) is 4.07.